The second-order valence-corrected chi connectivity index (χ2v) is 3.96. The summed E-state index contributed by atoms with van der Waals surface area (Å²) in [6, 6.07) is 0. The van der Waals surface area contributed by atoms with Crippen molar-refractivity contribution in [3.63, 3.8) is 0 Å². The molecule has 6 heteroatoms. The van der Waals surface area contributed by atoms with Crippen LogP contribution in [-0.2, 0) is 4.74 Å². The monoisotopic (exact) mass is 240 g/mol. The van der Waals surface area contributed by atoms with Gasteiger partial charge in [0.05, 0.1) is 6.61 Å². The first kappa shape index (κ1) is 11.9. The summed E-state index contributed by atoms with van der Waals surface area (Å²) in [5.74, 6) is -0.587. The molecule has 2 rings (SSSR count). The van der Waals surface area contributed by atoms with E-state index in [-0.39, 0.29) is 6.61 Å². The molecule has 1 N–H and O–H groups in total. The van der Waals surface area contributed by atoms with E-state index in [0.29, 0.717) is 5.69 Å². The number of aliphatic hydroxyl groups excluding tert-OH is 1. The van der Waals surface area contributed by atoms with Crippen LogP contribution >= 0.6 is 0 Å². The number of aryl methyl sites for hydroxylation is 2. The zero-order valence-corrected chi connectivity index (χ0v) is 9.55. The summed E-state index contributed by atoms with van der Waals surface area (Å²) in [5.41, 5.74) is 0.807. The number of aliphatic hydroxyl groups is 1. The minimum Gasteiger partial charge on any atom is -0.393 e. The van der Waals surface area contributed by atoms with Crippen molar-refractivity contribution < 1.29 is 14.2 Å². The predicted octanol–water partition coefficient (Wildman–Crippen LogP) is 0.603. The third-order valence-corrected chi connectivity index (χ3v) is 2.70. The Bertz CT molecular complexity index is 524. The van der Waals surface area contributed by atoms with Gasteiger partial charge in [-0.05, 0) is 25.5 Å². The van der Waals surface area contributed by atoms with Crippen LogP contribution in [0.25, 0.3) is 0 Å². The molecule has 0 spiro atoms. The second-order valence-electron chi connectivity index (χ2n) is 3.96. The molecule has 2 heterocycles. The van der Waals surface area contributed by atoms with Gasteiger partial charge in [-0.2, -0.15) is 4.98 Å². The van der Waals surface area contributed by atoms with Gasteiger partial charge in [-0.1, -0.05) is 0 Å². The minimum absolute atomic E-state index is 0.322. The lowest BCUT2D eigenvalue weighted by Crippen LogP contribution is -2.29. The fraction of sp³-hybridized carbons (Fsp3) is 0.455. The van der Waals surface area contributed by atoms with Crippen molar-refractivity contribution in [3.8, 4) is 0 Å². The van der Waals surface area contributed by atoms with Crippen molar-refractivity contribution in [2.75, 3.05) is 6.61 Å². The van der Waals surface area contributed by atoms with Crippen LogP contribution in [0, 0.1) is 13.8 Å². The third-order valence-electron chi connectivity index (χ3n) is 2.70. The van der Waals surface area contributed by atoms with Crippen molar-refractivity contribution in [3.05, 3.63) is 39.8 Å². The number of nitrogens with zero attached hydrogens (tertiary/aromatic N) is 2. The molecule has 17 heavy (non-hydrogen) atoms. The molecule has 1 aliphatic rings. The van der Waals surface area contributed by atoms with Crippen LogP contribution in [0.5, 0.6) is 0 Å². The quantitative estimate of drug-likeness (QED) is 0.822. The Kier molecular flexibility index (Phi) is 3.08. The van der Waals surface area contributed by atoms with Crippen LogP contribution in [-0.4, -0.2) is 27.4 Å². The number of ether oxygens (including phenoxy) is 1. The lowest BCUT2D eigenvalue weighted by molar-refractivity contribution is -0.0215. The van der Waals surface area contributed by atoms with Gasteiger partial charge in [0.2, 0.25) is 0 Å². The summed E-state index contributed by atoms with van der Waals surface area (Å²) in [7, 11) is 0. The smallest absolute Gasteiger partial charge is 0.350 e. The Morgan fingerprint density at radius 3 is 2.88 bits per heavy atom. The van der Waals surface area contributed by atoms with Crippen molar-refractivity contribution in [2.45, 2.75) is 26.2 Å². The van der Waals surface area contributed by atoms with Crippen LogP contribution in [0.2, 0.25) is 0 Å². The molecule has 0 bridgehead atoms. The number of halogens is 1. The maximum atomic E-state index is 13.6. The summed E-state index contributed by atoms with van der Waals surface area (Å²) in [6.07, 6.45) is 0.828. The summed E-state index contributed by atoms with van der Waals surface area (Å²) in [6.45, 7) is 3.16. The number of aromatic nitrogens is 2. The fourth-order valence-electron chi connectivity index (χ4n) is 1.64. The van der Waals surface area contributed by atoms with Crippen LogP contribution in [0.15, 0.2) is 22.9 Å². The fourth-order valence-corrected chi connectivity index (χ4v) is 1.64. The molecule has 0 aromatic carbocycles. The van der Waals surface area contributed by atoms with Crippen molar-refractivity contribution in [2.24, 2.45) is 0 Å². The number of hydrogen-bond donors (Lipinski definition) is 1. The topological polar surface area (TPSA) is 64.3 Å². The standard InChI is InChI=1S/C11H13FN2O3/c1-6-4-14(11(16)13-7(6)2)10-9(12)3-8(5-15)17-10/h3-4,8,10,15H,5H2,1-2H3/t8-,10?/m0/s1. The highest BCUT2D eigenvalue weighted by Crippen LogP contribution is 2.28. The first-order valence-electron chi connectivity index (χ1n) is 5.23. The van der Waals surface area contributed by atoms with Crippen LogP contribution in [0.4, 0.5) is 4.39 Å². The zero-order valence-electron chi connectivity index (χ0n) is 9.55. The molecule has 1 aromatic heterocycles. The zero-order chi connectivity index (χ0) is 12.6. The third kappa shape index (κ3) is 2.13. The van der Waals surface area contributed by atoms with Crippen LogP contribution < -0.4 is 5.69 Å². The molecule has 1 aliphatic heterocycles. The average molecular weight is 240 g/mol. The first-order chi connectivity index (χ1) is 8.02. The maximum absolute atomic E-state index is 13.6. The molecule has 0 fully saturated rings. The summed E-state index contributed by atoms with van der Waals surface area (Å²) in [5, 5.41) is 8.88. The molecule has 2 atom stereocenters. The molecule has 0 radical (unpaired) electrons. The second kappa shape index (κ2) is 4.38. The molecule has 0 saturated carbocycles. The highest BCUT2D eigenvalue weighted by atomic mass is 19.1. The summed E-state index contributed by atoms with van der Waals surface area (Å²) >= 11 is 0. The summed E-state index contributed by atoms with van der Waals surface area (Å²) in [4.78, 5) is 15.4. The van der Waals surface area contributed by atoms with Crippen molar-refractivity contribution >= 4 is 0 Å². The average Bonchev–Trinajstić information content (AvgIpc) is 2.65. The van der Waals surface area contributed by atoms with E-state index in [0.717, 1.165) is 16.2 Å². The van der Waals surface area contributed by atoms with E-state index in [4.69, 9.17) is 9.84 Å². The summed E-state index contributed by atoms with van der Waals surface area (Å²) < 4.78 is 19.8. The van der Waals surface area contributed by atoms with E-state index in [9.17, 15) is 9.18 Å². The van der Waals surface area contributed by atoms with Gasteiger partial charge in [0.1, 0.15) is 11.9 Å². The van der Waals surface area contributed by atoms with Gasteiger partial charge in [0.25, 0.3) is 0 Å². The largest absolute Gasteiger partial charge is 0.393 e. The number of rotatable bonds is 2. The van der Waals surface area contributed by atoms with Gasteiger partial charge in [0.15, 0.2) is 6.23 Å². The van der Waals surface area contributed by atoms with Gasteiger partial charge in [-0.25, -0.2) is 9.18 Å². The minimum atomic E-state index is -1.12. The highest BCUT2D eigenvalue weighted by molar-refractivity contribution is 5.15. The normalized spacial score (nSPS) is 23.9. The van der Waals surface area contributed by atoms with E-state index in [1.165, 1.54) is 6.20 Å². The molecule has 0 aliphatic carbocycles. The Morgan fingerprint density at radius 1 is 1.59 bits per heavy atom. The molecule has 0 saturated heterocycles. The molecule has 92 valence electrons. The van der Waals surface area contributed by atoms with Gasteiger partial charge in [-0.3, -0.25) is 4.57 Å². The Labute approximate surface area is 97.2 Å². The van der Waals surface area contributed by atoms with Gasteiger partial charge in [-0.15, -0.1) is 0 Å². The van der Waals surface area contributed by atoms with E-state index < -0.39 is 23.8 Å². The van der Waals surface area contributed by atoms with E-state index in [1.54, 1.807) is 13.8 Å². The Morgan fingerprint density at radius 2 is 2.29 bits per heavy atom. The SMILES string of the molecule is Cc1cn(C2O[C@H](CO)C=C2F)c(=O)nc1C. The number of hydrogen-bond acceptors (Lipinski definition) is 4. The van der Waals surface area contributed by atoms with Gasteiger partial charge in [0, 0.05) is 11.9 Å². The molecule has 5 nitrogen and oxygen atoms in total. The molecule has 1 aromatic rings. The van der Waals surface area contributed by atoms with Gasteiger partial charge < -0.3 is 9.84 Å². The maximum Gasteiger partial charge on any atom is 0.350 e. The van der Waals surface area contributed by atoms with Crippen molar-refractivity contribution in [1.82, 2.24) is 9.55 Å². The Hall–Kier alpha value is -1.53. The highest BCUT2D eigenvalue weighted by Gasteiger charge is 2.29. The lowest BCUT2D eigenvalue weighted by Gasteiger charge is -2.16. The van der Waals surface area contributed by atoms with Gasteiger partial charge >= 0.3 is 5.69 Å². The van der Waals surface area contributed by atoms with E-state index >= 15 is 0 Å². The first-order valence-corrected chi connectivity index (χ1v) is 5.23. The van der Waals surface area contributed by atoms with Crippen LogP contribution in [0.3, 0.4) is 0 Å². The van der Waals surface area contributed by atoms with E-state index in [2.05, 4.69) is 4.98 Å². The van der Waals surface area contributed by atoms with E-state index in [1.807, 2.05) is 0 Å². The van der Waals surface area contributed by atoms with Crippen LogP contribution in [0.1, 0.15) is 17.5 Å². The lowest BCUT2D eigenvalue weighted by atomic mass is 10.3. The van der Waals surface area contributed by atoms with Crippen molar-refractivity contribution in [1.29, 1.82) is 0 Å². The molecular weight excluding hydrogens is 227 g/mol. The molecular formula is C11H13FN2O3. The molecule has 1 unspecified atom stereocenters. The Balaban J connectivity index is 2.40. The molecule has 0 amide bonds. The predicted molar refractivity (Wildman–Crippen MR) is 58.2 cm³/mol.